The lowest BCUT2D eigenvalue weighted by Gasteiger charge is -2.38. The minimum Gasteiger partial charge on any atom is -0.373 e. The van der Waals surface area contributed by atoms with Crippen LogP contribution in [-0.4, -0.2) is 36.7 Å². The molecule has 112 valence electrons. The van der Waals surface area contributed by atoms with Gasteiger partial charge in [0.15, 0.2) is 0 Å². The topological polar surface area (TPSA) is 38.5 Å². The summed E-state index contributed by atoms with van der Waals surface area (Å²) in [6.45, 7) is 7.33. The molecule has 3 nitrogen and oxygen atoms in total. The highest BCUT2D eigenvalue weighted by Crippen LogP contribution is 2.20. The van der Waals surface area contributed by atoms with Gasteiger partial charge >= 0.3 is 0 Å². The lowest BCUT2D eigenvalue weighted by Crippen LogP contribution is -2.48. The van der Waals surface area contributed by atoms with E-state index >= 15 is 0 Å². The highest BCUT2D eigenvalue weighted by Gasteiger charge is 2.27. The summed E-state index contributed by atoms with van der Waals surface area (Å²) >= 11 is 0. The Morgan fingerprint density at radius 2 is 1.95 bits per heavy atom. The van der Waals surface area contributed by atoms with E-state index in [4.69, 9.17) is 10.5 Å². The zero-order valence-electron chi connectivity index (χ0n) is 12.0. The van der Waals surface area contributed by atoms with Crippen LogP contribution in [-0.2, 0) is 4.74 Å². The molecular weight excluding hydrogens is 262 g/mol. The van der Waals surface area contributed by atoms with Crippen molar-refractivity contribution in [3.8, 4) is 0 Å². The third kappa shape index (κ3) is 4.23. The SMILES string of the molecule is CC1(C)CN(CCC(N)c2cc(F)cc(F)c2)CCO1. The second-order valence-corrected chi connectivity index (χ2v) is 5.98. The number of nitrogens with two attached hydrogens (primary N) is 1. The smallest absolute Gasteiger partial charge is 0.126 e. The molecule has 0 radical (unpaired) electrons. The van der Waals surface area contributed by atoms with Crippen molar-refractivity contribution in [3.05, 3.63) is 35.4 Å². The number of halogens is 2. The number of ether oxygens (including phenoxy) is 1. The predicted octanol–water partition coefficient (Wildman–Crippen LogP) is 2.47. The number of hydrogen-bond donors (Lipinski definition) is 1. The van der Waals surface area contributed by atoms with E-state index < -0.39 is 11.6 Å². The molecule has 0 aliphatic carbocycles. The Morgan fingerprint density at radius 3 is 2.55 bits per heavy atom. The van der Waals surface area contributed by atoms with Crippen LogP contribution in [0.25, 0.3) is 0 Å². The number of rotatable bonds is 4. The molecule has 2 rings (SSSR count). The van der Waals surface area contributed by atoms with Crippen molar-refractivity contribution >= 4 is 0 Å². The minimum absolute atomic E-state index is 0.146. The fourth-order valence-electron chi connectivity index (χ4n) is 2.58. The van der Waals surface area contributed by atoms with E-state index in [1.165, 1.54) is 12.1 Å². The molecular formula is C15H22F2N2O. The second-order valence-electron chi connectivity index (χ2n) is 5.98. The van der Waals surface area contributed by atoms with Crippen molar-refractivity contribution in [2.24, 2.45) is 5.73 Å². The van der Waals surface area contributed by atoms with Crippen LogP contribution in [0.1, 0.15) is 31.9 Å². The summed E-state index contributed by atoms with van der Waals surface area (Å²) in [7, 11) is 0. The molecule has 1 fully saturated rings. The summed E-state index contributed by atoms with van der Waals surface area (Å²) in [5.41, 5.74) is 6.39. The molecule has 0 bridgehead atoms. The van der Waals surface area contributed by atoms with Crippen LogP contribution in [0.2, 0.25) is 0 Å². The Hall–Kier alpha value is -1.04. The Bertz CT molecular complexity index is 445. The fourth-order valence-corrected chi connectivity index (χ4v) is 2.58. The molecule has 0 saturated carbocycles. The summed E-state index contributed by atoms with van der Waals surface area (Å²) in [5, 5.41) is 0. The van der Waals surface area contributed by atoms with Gasteiger partial charge in [0.05, 0.1) is 12.2 Å². The summed E-state index contributed by atoms with van der Waals surface area (Å²) < 4.78 is 32.0. The first kappa shape index (κ1) is 15.4. The molecule has 20 heavy (non-hydrogen) atoms. The number of benzene rings is 1. The van der Waals surface area contributed by atoms with Gasteiger partial charge in [0.1, 0.15) is 11.6 Å². The molecule has 0 spiro atoms. The summed E-state index contributed by atoms with van der Waals surface area (Å²) in [4.78, 5) is 2.28. The molecule has 1 unspecified atom stereocenters. The van der Waals surface area contributed by atoms with Crippen LogP contribution in [0, 0.1) is 11.6 Å². The number of hydrogen-bond acceptors (Lipinski definition) is 3. The normalized spacial score (nSPS) is 20.9. The van der Waals surface area contributed by atoms with Gasteiger partial charge in [-0.1, -0.05) is 0 Å². The third-order valence-corrected chi connectivity index (χ3v) is 3.57. The van der Waals surface area contributed by atoms with E-state index in [9.17, 15) is 8.78 Å². The third-order valence-electron chi connectivity index (χ3n) is 3.57. The molecule has 2 N–H and O–H groups in total. The number of morpholine rings is 1. The van der Waals surface area contributed by atoms with Gasteiger partial charge in [-0.3, -0.25) is 4.90 Å². The van der Waals surface area contributed by atoms with Crippen LogP contribution >= 0.6 is 0 Å². The standard InChI is InChI=1S/C15H22F2N2O/c1-15(2)10-19(5-6-20-15)4-3-14(18)11-7-12(16)9-13(17)8-11/h7-9,14H,3-6,10,18H2,1-2H3. The zero-order chi connectivity index (χ0) is 14.8. The predicted molar refractivity (Wildman–Crippen MR) is 74.4 cm³/mol. The lowest BCUT2D eigenvalue weighted by atomic mass is 10.0. The van der Waals surface area contributed by atoms with Gasteiger partial charge in [-0.25, -0.2) is 8.78 Å². The first-order valence-electron chi connectivity index (χ1n) is 6.94. The second kappa shape index (κ2) is 6.16. The van der Waals surface area contributed by atoms with Crippen LogP contribution in [0.5, 0.6) is 0 Å². The van der Waals surface area contributed by atoms with Crippen molar-refractivity contribution in [2.45, 2.75) is 31.9 Å². The average molecular weight is 284 g/mol. The minimum atomic E-state index is -0.581. The highest BCUT2D eigenvalue weighted by atomic mass is 19.1. The van der Waals surface area contributed by atoms with Crippen molar-refractivity contribution in [1.29, 1.82) is 0 Å². The Balaban J connectivity index is 1.90. The first-order valence-corrected chi connectivity index (χ1v) is 6.94. The summed E-state index contributed by atoms with van der Waals surface area (Å²) in [6, 6.07) is 3.11. The Labute approximate surface area is 118 Å². The molecule has 1 heterocycles. The van der Waals surface area contributed by atoms with Crippen molar-refractivity contribution in [2.75, 3.05) is 26.2 Å². The van der Waals surface area contributed by atoms with E-state index in [0.29, 0.717) is 18.6 Å². The van der Waals surface area contributed by atoms with Gasteiger partial charge in [-0.15, -0.1) is 0 Å². The number of nitrogens with zero attached hydrogens (tertiary/aromatic N) is 1. The van der Waals surface area contributed by atoms with Crippen LogP contribution in [0.3, 0.4) is 0 Å². The molecule has 1 saturated heterocycles. The fraction of sp³-hybridized carbons (Fsp3) is 0.600. The van der Waals surface area contributed by atoms with Crippen LogP contribution in [0.4, 0.5) is 8.78 Å². The Morgan fingerprint density at radius 1 is 1.30 bits per heavy atom. The summed E-state index contributed by atoms with van der Waals surface area (Å²) in [5.74, 6) is -1.16. The van der Waals surface area contributed by atoms with Gasteiger partial charge in [0, 0.05) is 31.7 Å². The van der Waals surface area contributed by atoms with E-state index in [1.54, 1.807) is 0 Å². The first-order chi connectivity index (χ1) is 9.35. The zero-order valence-corrected chi connectivity index (χ0v) is 12.0. The Kier molecular flexibility index (Phi) is 4.73. The largest absolute Gasteiger partial charge is 0.373 e. The van der Waals surface area contributed by atoms with Crippen LogP contribution in [0.15, 0.2) is 18.2 Å². The maximum Gasteiger partial charge on any atom is 0.126 e. The quantitative estimate of drug-likeness (QED) is 0.923. The van der Waals surface area contributed by atoms with Gasteiger partial charge in [0.2, 0.25) is 0 Å². The highest BCUT2D eigenvalue weighted by molar-refractivity contribution is 5.21. The molecule has 1 aliphatic rings. The molecule has 1 aromatic carbocycles. The maximum atomic E-state index is 13.2. The molecule has 5 heteroatoms. The monoisotopic (exact) mass is 284 g/mol. The van der Waals surface area contributed by atoms with E-state index in [1.807, 2.05) is 0 Å². The molecule has 1 aromatic rings. The van der Waals surface area contributed by atoms with E-state index in [-0.39, 0.29) is 11.6 Å². The lowest BCUT2D eigenvalue weighted by molar-refractivity contribution is -0.0863. The van der Waals surface area contributed by atoms with Gasteiger partial charge in [-0.05, 0) is 38.0 Å². The van der Waals surface area contributed by atoms with Crippen LogP contribution < -0.4 is 5.73 Å². The molecule has 0 aromatic heterocycles. The molecule has 1 atom stereocenters. The molecule has 1 aliphatic heterocycles. The van der Waals surface area contributed by atoms with E-state index in [2.05, 4.69) is 18.7 Å². The van der Waals surface area contributed by atoms with Gasteiger partial charge < -0.3 is 10.5 Å². The van der Waals surface area contributed by atoms with Gasteiger partial charge in [-0.2, -0.15) is 0 Å². The van der Waals surface area contributed by atoms with Crippen molar-refractivity contribution in [1.82, 2.24) is 4.90 Å². The van der Waals surface area contributed by atoms with E-state index in [0.717, 1.165) is 25.7 Å². The maximum absolute atomic E-state index is 13.2. The molecule has 0 amide bonds. The van der Waals surface area contributed by atoms with Crippen molar-refractivity contribution in [3.63, 3.8) is 0 Å². The van der Waals surface area contributed by atoms with Crippen molar-refractivity contribution < 1.29 is 13.5 Å². The average Bonchev–Trinajstić information content (AvgIpc) is 2.33. The summed E-state index contributed by atoms with van der Waals surface area (Å²) in [6.07, 6.45) is 0.666. The van der Waals surface area contributed by atoms with Gasteiger partial charge in [0.25, 0.3) is 0 Å².